The minimum Gasteiger partial charge on any atom is -0.368 e. The molecule has 5 nitrogen and oxygen atoms in total. The molecule has 72 valence electrons. The Morgan fingerprint density at radius 3 is 2.69 bits per heavy atom. The Morgan fingerprint density at radius 2 is 2.15 bits per heavy atom. The predicted octanol–water partition coefficient (Wildman–Crippen LogP) is 0.891. The van der Waals surface area contributed by atoms with Gasteiger partial charge < -0.3 is 5.32 Å². The third kappa shape index (κ3) is 2.55. The first-order valence-electron chi connectivity index (χ1n) is 4.20. The highest BCUT2D eigenvalue weighted by atomic mass is 15.3. The highest BCUT2D eigenvalue weighted by Gasteiger charge is 2.03. The molecule has 0 unspecified atom stereocenters. The van der Waals surface area contributed by atoms with E-state index in [9.17, 15) is 0 Å². The summed E-state index contributed by atoms with van der Waals surface area (Å²) >= 11 is 0. The van der Waals surface area contributed by atoms with E-state index >= 15 is 0 Å². The van der Waals surface area contributed by atoms with Crippen LogP contribution in [0.25, 0.3) is 0 Å². The molecule has 1 rings (SSSR count). The third-order valence-corrected chi connectivity index (χ3v) is 1.53. The molecule has 1 aromatic heterocycles. The topological polar surface area (TPSA) is 75.9 Å². The minimum absolute atomic E-state index is 0.347. The van der Waals surface area contributed by atoms with Crippen LogP contribution in [0.15, 0.2) is 6.20 Å². The SMILES string of the molecule is Cc1cnc(NN)nc1NC(C)C. The Kier molecular flexibility index (Phi) is 3.02. The second-order valence-electron chi connectivity index (χ2n) is 3.17. The highest BCUT2D eigenvalue weighted by Crippen LogP contribution is 2.12. The molecule has 0 aliphatic carbocycles. The van der Waals surface area contributed by atoms with Crippen molar-refractivity contribution in [1.29, 1.82) is 0 Å². The van der Waals surface area contributed by atoms with Gasteiger partial charge in [0, 0.05) is 17.8 Å². The number of nitrogens with zero attached hydrogens (tertiary/aromatic N) is 2. The maximum atomic E-state index is 5.20. The molecule has 0 atom stereocenters. The molecule has 0 fully saturated rings. The molecule has 0 saturated heterocycles. The fourth-order valence-corrected chi connectivity index (χ4v) is 0.931. The molecule has 0 aliphatic heterocycles. The lowest BCUT2D eigenvalue weighted by Crippen LogP contribution is -2.16. The van der Waals surface area contributed by atoms with Crippen LogP contribution in [0.4, 0.5) is 11.8 Å². The standard InChI is InChI=1S/C8H15N5/c1-5(2)11-7-6(3)4-10-8(12-7)13-9/h4-5H,9H2,1-3H3,(H2,10,11,12,13). The molecule has 0 aliphatic rings. The molecule has 0 saturated carbocycles. The molecule has 4 N–H and O–H groups in total. The van der Waals surface area contributed by atoms with E-state index in [1.807, 2.05) is 6.92 Å². The average Bonchev–Trinajstić information content (AvgIpc) is 2.08. The summed E-state index contributed by atoms with van der Waals surface area (Å²) in [5, 5.41) is 3.20. The molecule has 0 aromatic carbocycles. The van der Waals surface area contributed by atoms with Gasteiger partial charge in [-0.3, -0.25) is 5.43 Å². The molecule has 0 radical (unpaired) electrons. The molecule has 0 bridgehead atoms. The first kappa shape index (κ1) is 9.73. The second kappa shape index (κ2) is 4.04. The number of nitrogen functional groups attached to an aromatic ring is 1. The fourth-order valence-electron chi connectivity index (χ4n) is 0.931. The van der Waals surface area contributed by atoms with Crippen LogP contribution in [0.3, 0.4) is 0 Å². The summed E-state index contributed by atoms with van der Waals surface area (Å²) in [7, 11) is 0. The Bertz CT molecular complexity index is 284. The molecule has 5 heteroatoms. The lowest BCUT2D eigenvalue weighted by atomic mass is 10.3. The number of rotatable bonds is 3. The van der Waals surface area contributed by atoms with Crippen LogP contribution < -0.4 is 16.6 Å². The second-order valence-corrected chi connectivity index (χ2v) is 3.17. The molecule has 1 aromatic rings. The Labute approximate surface area is 77.7 Å². The van der Waals surface area contributed by atoms with Gasteiger partial charge in [0.15, 0.2) is 0 Å². The quantitative estimate of drug-likeness (QED) is 0.477. The number of nitrogens with one attached hydrogen (secondary N) is 2. The molecule has 0 amide bonds. The zero-order valence-corrected chi connectivity index (χ0v) is 8.13. The van der Waals surface area contributed by atoms with Gasteiger partial charge in [-0.05, 0) is 20.8 Å². The summed E-state index contributed by atoms with van der Waals surface area (Å²) in [6, 6.07) is 0.347. The van der Waals surface area contributed by atoms with E-state index in [1.54, 1.807) is 6.20 Å². The van der Waals surface area contributed by atoms with Gasteiger partial charge in [0.25, 0.3) is 0 Å². The van der Waals surface area contributed by atoms with E-state index in [-0.39, 0.29) is 0 Å². The van der Waals surface area contributed by atoms with E-state index in [1.165, 1.54) is 0 Å². The van der Waals surface area contributed by atoms with Gasteiger partial charge in [-0.25, -0.2) is 10.8 Å². The predicted molar refractivity (Wildman–Crippen MR) is 53.3 cm³/mol. The van der Waals surface area contributed by atoms with E-state index in [0.29, 0.717) is 12.0 Å². The van der Waals surface area contributed by atoms with Crippen LogP contribution in [0.2, 0.25) is 0 Å². The minimum atomic E-state index is 0.347. The zero-order valence-electron chi connectivity index (χ0n) is 8.13. The summed E-state index contributed by atoms with van der Waals surface area (Å²) in [5.74, 6) is 6.44. The van der Waals surface area contributed by atoms with Crippen molar-refractivity contribution in [2.75, 3.05) is 10.7 Å². The zero-order chi connectivity index (χ0) is 9.84. The summed E-state index contributed by atoms with van der Waals surface area (Å²) in [5.41, 5.74) is 3.41. The Hall–Kier alpha value is -1.36. The van der Waals surface area contributed by atoms with Crippen LogP contribution >= 0.6 is 0 Å². The normalized spacial score (nSPS) is 10.2. The van der Waals surface area contributed by atoms with E-state index in [0.717, 1.165) is 11.4 Å². The van der Waals surface area contributed by atoms with E-state index in [2.05, 4.69) is 34.6 Å². The number of aryl methyl sites for hydroxylation is 1. The van der Waals surface area contributed by atoms with E-state index in [4.69, 9.17) is 5.84 Å². The van der Waals surface area contributed by atoms with E-state index < -0.39 is 0 Å². The number of hydrogen-bond acceptors (Lipinski definition) is 5. The number of nitrogens with two attached hydrogens (primary N) is 1. The van der Waals surface area contributed by atoms with Gasteiger partial charge >= 0.3 is 0 Å². The van der Waals surface area contributed by atoms with Crippen molar-refractivity contribution in [3.05, 3.63) is 11.8 Å². The first-order chi connectivity index (χ1) is 6.13. The Morgan fingerprint density at radius 1 is 1.46 bits per heavy atom. The smallest absolute Gasteiger partial charge is 0.239 e. The Balaban J connectivity index is 2.90. The number of hydrogen-bond donors (Lipinski definition) is 3. The molecular formula is C8H15N5. The summed E-state index contributed by atoms with van der Waals surface area (Å²) < 4.78 is 0. The molecule has 0 spiro atoms. The number of hydrazine groups is 1. The van der Waals surface area contributed by atoms with Gasteiger partial charge in [-0.2, -0.15) is 4.98 Å². The van der Waals surface area contributed by atoms with Crippen molar-refractivity contribution in [3.63, 3.8) is 0 Å². The average molecular weight is 181 g/mol. The maximum absolute atomic E-state index is 5.20. The molecule has 13 heavy (non-hydrogen) atoms. The van der Waals surface area contributed by atoms with Crippen molar-refractivity contribution in [3.8, 4) is 0 Å². The third-order valence-electron chi connectivity index (χ3n) is 1.53. The van der Waals surface area contributed by atoms with Crippen molar-refractivity contribution in [2.24, 2.45) is 5.84 Å². The first-order valence-corrected chi connectivity index (χ1v) is 4.20. The van der Waals surface area contributed by atoms with Crippen LogP contribution in [0.5, 0.6) is 0 Å². The summed E-state index contributed by atoms with van der Waals surface area (Å²) in [4.78, 5) is 8.15. The lowest BCUT2D eigenvalue weighted by Gasteiger charge is -2.11. The van der Waals surface area contributed by atoms with Gasteiger partial charge in [-0.15, -0.1) is 0 Å². The summed E-state index contributed by atoms with van der Waals surface area (Å²) in [6.07, 6.45) is 1.73. The van der Waals surface area contributed by atoms with Crippen LogP contribution in [-0.4, -0.2) is 16.0 Å². The van der Waals surface area contributed by atoms with Gasteiger partial charge in [0.2, 0.25) is 5.95 Å². The molecule has 1 heterocycles. The number of aromatic nitrogens is 2. The summed E-state index contributed by atoms with van der Waals surface area (Å²) in [6.45, 7) is 6.05. The lowest BCUT2D eigenvalue weighted by molar-refractivity contribution is 0.882. The highest BCUT2D eigenvalue weighted by molar-refractivity contribution is 5.46. The van der Waals surface area contributed by atoms with Crippen LogP contribution in [0, 0.1) is 6.92 Å². The molecular weight excluding hydrogens is 166 g/mol. The van der Waals surface area contributed by atoms with Crippen molar-refractivity contribution < 1.29 is 0 Å². The van der Waals surface area contributed by atoms with Gasteiger partial charge in [0.05, 0.1) is 0 Å². The van der Waals surface area contributed by atoms with Gasteiger partial charge in [-0.1, -0.05) is 0 Å². The van der Waals surface area contributed by atoms with Crippen molar-refractivity contribution in [2.45, 2.75) is 26.8 Å². The van der Waals surface area contributed by atoms with Crippen LogP contribution in [-0.2, 0) is 0 Å². The monoisotopic (exact) mass is 181 g/mol. The number of anilines is 2. The fraction of sp³-hybridized carbons (Fsp3) is 0.500. The van der Waals surface area contributed by atoms with Crippen LogP contribution in [0.1, 0.15) is 19.4 Å². The van der Waals surface area contributed by atoms with Gasteiger partial charge in [0.1, 0.15) is 5.82 Å². The van der Waals surface area contributed by atoms with Crippen molar-refractivity contribution >= 4 is 11.8 Å². The van der Waals surface area contributed by atoms with Crippen molar-refractivity contribution in [1.82, 2.24) is 9.97 Å². The maximum Gasteiger partial charge on any atom is 0.239 e. The largest absolute Gasteiger partial charge is 0.368 e.